The van der Waals surface area contributed by atoms with Crippen LogP contribution in [0, 0.1) is 11.7 Å². The maximum Gasteiger partial charge on any atom is 0.167 e. The summed E-state index contributed by atoms with van der Waals surface area (Å²) in [5.74, 6) is -0.543. The van der Waals surface area contributed by atoms with E-state index in [9.17, 15) is 9.18 Å². The SMILES string of the molecule is COCC(C)C(=O)c1ccc(F)cc1. The minimum absolute atomic E-state index is 0.0214. The van der Waals surface area contributed by atoms with Crippen molar-refractivity contribution in [3.8, 4) is 0 Å². The molecule has 0 saturated heterocycles. The fraction of sp³-hybridized carbons (Fsp3) is 0.364. The van der Waals surface area contributed by atoms with Gasteiger partial charge in [0.1, 0.15) is 5.82 Å². The van der Waals surface area contributed by atoms with Crippen molar-refractivity contribution in [2.45, 2.75) is 6.92 Å². The maximum atomic E-state index is 12.6. The molecule has 0 fully saturated rings. The Morgan fingerprint density at radius 2 is 2.00 bits per heavy atom. The minimum atomic E-state index is -0.332. The molecule has 0 bridgehead atoms. The Hall–Kier alpha value is -1.22. The second kappa shape index (κ2) is 4.86. The van der Waals surface area contributed by atoms with E-state index < -0.39 is 0 Å². The predicted octanol–water partition coefficient (Wildman–Crippen LogP) is 2.29. The smallest absolute Gasteiger partial charge is 0.167 e. The fourth-order valence-electron chi connectivity index (χ4n) is 1.22. The highest BCUT2D eigenvalue weighted by Crippen LogP contribution is 2.10. The number of ether oxygens (including phenoxy) is 1. The molecular formula is C11H13FO2. The van der Waals surface area contributed by atoms with Gasteiger partial charge in [-0.1, -0.05) is 6.92 Å². The normalized spacial score (nSPS) is 12.5. The third-order valence-electron chi connectivity index (χ3n) is 1.99. The topological polar surface area (TPSA) is 26.3 Å². The van der Waals surface area contributed by atoms with Gasteiger partial charge in [0.2, 0.25) is 0 Å². The molecular weight excluding hydrogens is 183 g/mol. The highest BCUT2D eigenvalue weighted by Gasteiger charge is 2.14. The van der Waals surface area contributed by atoms with Crippen LogP contribution in [-0.2, 0) is 4.74 Å². The molecule has 0 aliphatic heterocycles. The molecule has 0 spiro atoms. The molecule has 1 aromatic rings. The predicted molar refractivity (Wildman–Crippen MR) is 51.8 cm³/mol. The average Bonchev–Trinajstić information content (AvgIpc) is 2.18. The van der Waals surface area contributed by atoms with E-state index in [0.717, 1.165) is 0 Å². The molecule has 0 N–H and O–H groups in total. The van der Waals surface area contributed by atoms with Crippen LogP contribution in [0.1, 0.15) is 17.3 Å². The summed E-state index contributed by atoms with van der Waals surface area (Å²) in [6, 6.07) is 5.55. The van der Waals surface area contributed by atoms with E-state index in [-0.39, 0.29) is 17.5 Å². The van der Waals surface area contributed by atoms with E-state index in [1.165, 1.54) is 24.3 Å². The van der Waals surface area contributed by atoms with Crippen LogP contribution in [0.3, 0.4) is 0 Å². The third-order valence-corrected chi connectivity index (χ3v) is 1.99. The number of Topliss-reactive ketones (excluding diaryl/α,β-unsaturated/α-hetero) is 1. The molecule has 2 nitrogen and oxygen atoms in total. The van der Waals surface area contributed by atoms with E-state index in [0.29, 0.717) is 12.2 Å². The van der Waals surface area contributed by atoms with Gasteiger partial charge in [-0.15, -0.1) is 0 Å². The van der Waals surface area contributed by atoms with Crippen molar-refractivity contribution in [1.29, 1.82) is 0 Å². The number of hydrogen-bond acceptors (Lipinski definition) is 2. The second-order valence-corrected chi connectivity index (χ2v) is 3.23. The molecule has 0 aromatic heterocycles. The summed E-state index contributed by atoms with van der Waals surface area (Å²) in [4.78, 5) is 11.6. The molecule has 1 aromatic carbocycles. The standard InChI is InChI=1S/C11H13FO2/c1-8(7-14-2)11(13)9-3-5-10(12)6-4-9/h3-6,8H,7H2,1-2H3. The lowest BCUT2D eigenvalue weighted by molar-refractivity contribution is 0.0830. The number of rotatable bonds is 4. The summed E-state index contributed by atoms with van der Waals surface area (Å²) in [6.45, 7) is 2.17. The summed E-state index contributed by atoms with van der Waals surface area (Å²) in [5, 5.41) is 0. The van der Waals surface area contributed by atoms with Crippen LogP contribution in [0.5, 0.6) is 0 Å². The Kier molecular flexibility index (Phi) is 3.77. The van der Waals surface area contributed by atoms with E-state index in [2.05, 4.69) is 0 Å². The summed E-state index contributed by atoms with van der Waals surface area (Å²) in [5.41, 5.74) is 0.524. The minimum Gasteiger partial charge on any atom is -0.384 e. The van der Waals surface area contributed by atoms with Crippen LogP contribution < -0.4 is 0 Å². The molecule has 0 saturated carbocycles. The van der Waals surface area contributed by atoms with Gasteiger partial charge < -0.3 is 4.74 Å². The number of halogens is 1. The Morgan fingerprint density at radius 1 is 1.43 bits per heavy atom. The van der Waals surface area contributed by atoms with Crippen LogP contribution in [0.2, 0.25) is 0 Å². The van der Waals surface area contributed by atoms with Gasteiger partial charge in [0.25, 0.3) is 0 Å². The Balaban J connectivity index is 2.74. The van der Waals surface area contributed by atoms with Crippen LogP contribution in [0.15, 0.2) is 24.3 Å². The molecule has 0 heterocycles. The lowest BCUT2D eigenvalue weighted by Crippen LogP contribution is -2.16. The molecule has 76 valence electrons. The van der Waals surface area contributed by atoms with Crippen molar-refractivity contribution in [1.82, 2.24) is 0 Å². The molecule has 3 heteroatoms. The lowest BCUT2D eigenvalue weighted by atomic mass is 10.0. The van der Waals surface area contributed by atoms with Gasteiger partial charge in [0.15, 0.2) is 5.78 Å². The largest absolute Gasteiger partial charge is 0.384 e. The van der Waals surface area contributed by atoms with Crippen molar-refractivity contribution in [2.24, 2.45) is 5.92 Å². The lowest BCUT2D eigenvalue weighted by Gasteiger charge is -2.08. The van der Waals surface area contributed by atoms with Gasteiger partial charge in [-0.25, -0.2) is 4.39 Å². The quantitative estimate of drug-likeness (QED) is 0.690. The molecule has 14 heavy (non-hydrogen) atoms. The number of benzene rings is 1. The molecule has 0 radical (unpaired) electrons. The molecule has 1 atom stereocenters. The van der Waals surface area contributed by atoms with Gasteiger partial charge in [0.05, 0.1) is 6.61 Å². The van der Waals surface area contributed by atoms with Crippen molar-refractivity contribution in [3.63, 3.8) is 0 Å². The number of carbonyl (C=O) groups is 1. The van der Waals surface area contributed by atoms with Crippen molar-refractivity contribution in [2.75, 3.05) is 13.7 Å². The first-order valence-corrected chi connectivity index (χ1v) is 4.44. The Bertz CT molecular complexity index is 306. The highest BCUT2D eigenvalue weighted by atomic mass is 19.1. The number of methoxy groups -OCH3 is 1. The fourth-order valence-corrected chi connectivity index (χ4v) is 1.22. The van der Waals surface area contributed by atoms with Crippen molar-refractivity contribution >= 4 is 5.78 Å². The first kappa shape index (κ1) is 10.9. The molecule has 0 amide bonds. The number of ketones is 1. The maximum absolute atomic E-state index is 12.6. The van der Waals surface area contributed by atoms with Crippen LogP contribution in [0.25, 0.3) is 0 Å². The first-order chi connectivity index (χ1) is 6.65. The van der Waals surface area contributed by atoms with E-state index in [1.807, 2.05) is 0 Å². The summed E-state index contributed by atoms with van der Waals surface area (Å²) < 4.78 is 17.4. The van der Waals surface area contributed by atoms with E-state index in [1.54, 1.807) is 14.0 Å². The molecule has 0 aliphatic rings. The zero-order valence-corrected chi connectivity index (χ0v) is 8.29. The Morgan fingerprint density at radius 3 is 2.50 bits per heavy atom. The Labute approximate surface area is 82.7 Å². The van der Waals surface area contributed by atoms with Crippen LogP contribution in [0.4, 0.5) is 4.39 Å². The highest BCUT2D eigenvalue weighted by molar-refractivity contribution is 5.97. The van der Waals surface area contributed by atoms with E-state index in [4.69, 9.17) is 4.74 Å². The zero-order valence-electron chi connectivity index (χ0n) is 8.29. The van der Waals surface area contributed by atoms with Gasteiger partial charge >= 0.3 is 0 Å². The molecule has 0 aliphatic carbocycles. The average molecular weight is 196 g/mol. The van der Waals surface area contributed by atoms with E-state index >= 15 is 0 Å². The summed E-state index contributed by atoms with van der Waals surface area (Å²) >= 11 is 0. The van der Waals surface area contributed by atoms with Crippen LogP contribution in [-0.4, -0.2) is 19.5 Å². The monoisotopic (exact) mass is 196 g/mol. The van der Waals surface area contributed by atoms with Gasteiger partial charge in [-0.3, -0.25) is 4.79 Å². The third kappa shape index (κ3) is 2.64. The summed E-state index contributed by atoms with van der Waals surface area (Å²) in [7, 11) is 1.55. The van der Waals surface area contributed by atoms with Gasteiger partial charge in [0, 0.05) is 18.6 Å². The van der Waals surface area contributed by atoms with Crippen LogP contribution >= 0.6 is 0 Å². The zero-order chi connectivity index (χ0) is 10.6. The number of carbonyl (C=O) groups excluding carboxylic acids is 1. The van der Waals surface area contributed by atoms with Crippen molar-refractivity contribution < 1.29 is 13.9 Å². The summed E-state index contributed by atoms with van der Waals surface area (Å²) in [6.07, 6.45) is 0. The molecule has 1 unspecified atom stereocenters. The van der Waals surface area contributed by atoms with Gasteiger partial charge in [-0.2, -0.15) is 0 Å². The number of hydrogen-bond donors (Lipinski definition) is 0. The first-order valence-electron chi connectivity index (χ1n) is 4.44. The molecule has 1 rings (SSSR count). The van der Waals surface area contributed by atoms with Gasteiger partial charge in [-0.05, 0) is 24.3 Å². The second-order valence-electron chi connectivity index (χ2n) is 3.23. The van der Waals surface area contributed by atoms with Crippen molar-refractivity contribution in [3.05, 3.63) is 35.6 Å².